The molecule has 0 saturated carbocycles. The number of anilines is 1. The maximum Gasteiger partial charge on any atom is 0.326 e. The molecule has 1 atom stereocenters. The SMILES string of the molecule is O=C(O)C1CCCCCN1C(=O)Nc1ccc(Br)cc1. The fourth-order valence-electron chi connectivity index (χ4n) is 2.34. The van der Waals surface area contributed by atoms with Gasteiger partial charge in [0, 0.05) is 16.7 Å². The lowest BCUT2D eigenvalue weighted by atomic mass is 10.1. The van der Waals surface area contributed by atoms with Crippen molar-refractivity contribution < 1.29 is 14.7 Å². The van der Waals surface area contributed by atoms with Crippen molar-refractivity contribution in [2.45, 2.75) is 31.7 Å². The van der Waals surface area contributed by atoms with Crippen LogP contribution in [0.1, 0.15) is 25.7 Å². The van der Waals surface area contributed by atoms with Crippen molar-refractivity contribution in [3.05, 3.63) is 28.7 Å². The highest BCUT2D eigenvalue weighted by atomic mass is 79.9. The Labute approximate surface area is 126 Å². The average Bonchev–Trinajstić information content (AvgIpc) is 2.67. The molecule has 1 unspecified atom stereocenters. The molecule has 0 radical (unpaired) electrons. The van der Waals surface area contributed by atoms with Gasteiger partial charge in [0.1, 0.15) is 6.04 Å². The first-order valence-corrected chi connectivity index (χ1v) is 7.43. The van der Waals surface area contributed by atoms with Crippen LogP contribution in [0.3, 0.4) is 0 Å². The molecule has 0 spiro atoms. The molecule has 108 valence electrons. The molecule has 20 heavy (non-hydrogen) atoms. The maximum atomic E-state index is 12.3. The van der Waals surface area contributed by atoms with E-state index < -0.39 is 12.0 Å². The van der Waals surface area contributed by atoms with Crippen LogP contribution in [0.2, 0.25) is 0 Å². The van der Waals surface area contributed by atoms with E-state index in [0.29, 0.717) is 18.7 Å². The fourth-order valence-corrected chi connectivity index (χ4v) is 2.60. The molecule has 2 amide bonds. The summed E-state index contributed by atoms with van der Waals surface area (Å²) in [5.41, 5.74) is 0.659. The number of carbonyl (C=O) groups excluding carboxylic acids is 1. The third kappa shape index (κ3) is 3.72. The lowest BCUT2D eigenvalue weighted by Crippen LogP contribution is -2.46. The predicted octanol–water partition coefficient (Wildman–Crippen LogP) is 3.31. The maximum absolute atomic E-state index is 12.3. The number of urea groups is 1. The van der Waals surface area contributed by atoms with Gasteiger partial charge in [-0.15, -0.1) is 0 Å². The highest BCUT2D eigenvalue weighted by Crippen LogP contribution is 2.19. The topological polar surface area (TPSA) is 69.6 Å². The van der Waals surface area contributed by atoms with Crippen molar-refractivity contribution in [3.63, 3.8) is 0 Å². The summed E-state index contributed by atoms with van der Waals surface area (Å²) in [7, 11) is 0. The number of carboxylic acid groups (broad SMARTS) is 1. The summed E-state index contributed by atoms with van der Waals surface area (Å²) in [4.78, 5) is 25.0. The van der Waals surface area contributed by atoms with Gasteiger partial charge in [-0.25, -0.2) is 9.59 Å². The van der Waals surface area contributed by atoms with E-state index in [2.05, 4.69) is 21.2 Å². The van der Waals surface area contributed by atoms with Gasteiger partial charge in [-0.2, -0.15) is 0 Å². The Kier molecular flexibility index (Phi) is 5.00. The number of amides is 2. The van der Waals surface area contributed by atoms with E-state index in [1.54, 1.807) is 12.1 Å². The van der Waals surface area contributed by atoms with Crippen LogP contribution in [0.25, 0.3) is 0 Å². The summed E-state index contributed by atoms with van der Waals surface area (Å²) in [6, 6.07) is 6.12. The Bertz CT molecular complexity index is 490. The Hall–Kier alpha value is -1.56. The number of nitrogens with zero attached hydrogens (tertiary/aromatic N) is 1. The van der Waals surface area contributed by atoms with E-state index in [4.69, 9.17) is 0 Å². The number of likely N-dealkylation sites (tertiary alicyclic amines) is 1. The number of carbonyl (C=O) groups is 2. The Balaban J connectivity index is 2.08. The van der Waals surface area contributed by atoms with Crippen LogP contribution >= 0.6 is 15.9 Å². The van der Waals surface area contributed by atoms with Gasteiger partial charge in [0.15, 0.2) is 0 Å². The Morgan fingerprint density at radius 2 is 1.90 bits per heavy atom. The smallest absolute Gasteiger partial charge is 0.326 e. The largest absolute Gasteiger partial charge is 0.480 e. The zero-order chi connectivity index (χ0) is 14.5. The lowest BCUT2D eigenvalue weighted by molar-refractivity contribution is -0.142. The molecular weight excluding hydrogens is 324 g/mol. The summed E-state index contributed by atoms with van der Waals surface area (Å²) in [5, 5.41) is 12.0. The molecule has 2 N–H and O–H groups in total. The van der Waals surface area contributed by atoms with Crippen LogP contribution in [0.15, 0.2) is 28.7 Å². The zero-order valence-electron chi connectivity index (χ0n) is 11.0. The van der Waals surface area contributed by atoms with Gasteiger partial charge in [0.25, 0.3) is 0 Å². The molecule has 1 saturated heterocycles. The van der Waals surface area contributed by atoms with Gasteiger partial charge in [-0.3, -0.25) is 0 Å². The first kappa shape index (κ1) is 14.8. The minimum absolute atomic E-state index is 0.346. The Morgan fingerprint density at radius 3 is 2.55 bits per heavy atom. The molecule has 2 rings (SSSR count). The molecule has 0 aliphatic carbocycles. The minimum Gasteiger partial charge on any atom is -0.480 e. The van der Waals surface area contributed by atoms with Gasteiger partial charge >= 0.3 is 12.0 Å². The Morgan fingerprint density at radius 1 is 1.20 bits per heavy atom. The summed E-state index contributed by atoms with van der Waals surface area (Å²) >= 11 is 3.33. The number of halogens is 1. The third-order valence-corrected chi connectivity index (χ3v) is 3.92. The molecule has 1 aliphatic heterocycles. The standard InChI is InChI=1S/C14H17BrN2O3/c15-10-5-7-11(8-6-10)16-14(20)17-9-3-1-2-4-12(17)13(18)19/h5-8,12H,1-4,9H2,(H,16,20)(H,18,19). The monoisotopic (exact) mass is 340 g/mol. The van der Waals surface area contributed by atoms with Crippen LogP contribution in [0, 0.1) is 0 Å². The molecular formula is C14H17BrN2O3. The van der Waals surface area contributed by atoms with E-state index in [-0.39, 0.29) is 6.03 Å². The normalized spacial score (nSPS) is 19.2. The quantitative estimate of drug-likeness (QED) is 0.867. The number of rotatable bonds is 2. The number of nitrogens with one attached hydrogen (secondary N) is 1. The second-order valence-electron chi connectivity index (χ2n) is 4.83. The highest BCUT2D eigenvalue weighted by molar-refractivity contribution is 9.10. The van der Waals surface area contributed by atoms with E-state index in [1.165, 1.54) is 4.90 Å². The highest BCUT2D eigenvalue weighted by Gasteiger charge is 2.30. The summed E-state index contributed by atoms with van der Waals surface area (Å²) in [6.45, 7) is 0.485. The van der Waals surface area contributed by atoms with Crippen molar-refractivity contribution in [3.8, 4) is 0 Å². The van der Waals surface area contributed by atoms with Gasteiger partial charge < -0.3 is 15.3 Å². The number of aliphatic carboxylic acids is 1. The van der Waals surface area contributed by atoms with Crippen LogP contribution in [0.5, 0.6) is 0 Å². The van der Waals surface area contributed by atoms with E-state index in [9.17, 15) is 14.7 Å². The number of carboxylic acids is 1. The van der Waals surface area contributed by atoms with Crippen molar-refractivity contribution in [1.29, 1.82) is 0 Å². The molecule has 0 aromatic heterocycles. The molecule has 1 fully saturated rings. The van der Waals surface area contributed by atoms with Crippen molar-refractivity contribution in [2.75, 3.05) is 11.9 Å². The van der Waals surface area contributed by atoms with Crippen LogP contribution in [-0.4, -0.2) is 34.6 Å². The zero-order valence-corrected chi connectivity index (χ0v) is 12.6. The second kappa shape index (κ2) is 6.74. The van der Waals surface area contributed by atoms with E-state index >= 15 is 0 Å². The summed E-state index contributed by atoms with van der Waals surface area (Å²) in [6.07, 6.45) is 3.17. The number of hydrogen-bond acceptors (Lipinski definition) is 2. The number of benzene rings is 1. The molecule has 1 aliphatic rings. The second-order valence-corrected chi connectivity index (χ2v) is 5.75. The van der Waals surface area contributed by atoms with Gasteiger partial charge in [0.05, 0.1) is 0 Å². The molecule has 0 bridgehead atoms. The third-order valence-electron chi connectivity index (χ3n) is 3.39. The van der Waals surface area contributed by atoms with Crippen molar-refractivity contribution in [2.24, 2.45) is 0 Å². The summed E-state index contributed by atoms with van der Waals surface area (Å²) in [5.74, 6) is -0.933. The minimum atomic E-state index is -0.933. The van der Waals surface area contributed by atoms with Crippen LogP contribution < -0.4 is 5.32 Å². The molecule has 5 nitrogen and oxygen atoms in total. The molecule has 1 aromatic carbocycles. The first-order valence-electron chi connectivity index (χ1n) is 6.64. The first-order chi connectivity index (χ1) is 9.58. The van der Waals surface area contributed by atoms with Crippen molar-refractivity contribution >= 4 is 33.6 Å². The lowest BCUT2D eigenvalue weighted by Gasteiger charge is -2.27. The van der Waals surface area contributed by atoms with Crippen LogP contribution in [-0.2, 0) is 4.79 Å². The van der Waals surface area contributed by atoms with E-state index in [1.807, 2.05) is 12.1 Å². The van der Waals surface area contributed by atoms with Crippen molar-refractivity contribution in [1.82, 2.24) is 4.90 Å². The fraction of sp³-hybridized carbons (Fsp3) is 0.429. The predicted molar refractivity (Wildman–Crippen MR) is 79.8 cm³/mol. The van der Waals surface area contributed by atoms with Gasteiger partial charge in [-0.05, 0) is 37.1 Å². The molecule has 1 heterocycles. The summed E-state index contributed by atoms with van der Waals surface area (Å²) < 4.78 is 0.925. The van der Waals surface area contributed by atoms with Gasteiger partial charge in [-0.1, -0.05) is 28.8 Å². The van der Waals surface area contributed by atoms with Gasteiger partial charge in [0.2, 0.25) is 0 Å². The number of hydrogen-bond donors (Lipinski definition) is 2. The van der Waals surface area contributed by atoms with Crippen LogP contribution in [0.4, 0.5) is 10.5 Å². The van der Waals surface area contributed by atoms with E-state index in [0.717, 1.165) is 23.7 Å². The average molecular weight is 341 g/mol. The molecule has 6 heteroatoms. The molecule has 1 aromatic rings.